The number of hydrogen-bond donors (Lipinski definition) is 1. The van der Waals surface area contributed by atoms with Crippen LogP contribution in [0.5, 0.6) is 5.75 Å². The molecule has 0 aliphatic carbocycles. The first-order valence-electron chi connectivity index (χ1n) is 9.17. The lowest BCUT2D eigenvalue weighted by atomic mass is 10.1. The number of benzene rings is 2. The zero-order chi connectivity index (χ0) is 21.0. The second kappa shape index (κ2) is 8.83. The number of nitrogens with zero attached hydrogens (tertiary/aromatic N) is 4. The van der Waals surface area contributed by atoms with E-state index in [0.717, 1.165) is 17.0 Å². The Kier molecular flexibility index (Phi) is 6.23. The number of rotatable bonds is 8. The van der Waals surface area contributed by atoms with Gasteiger partial charge in [0.2, 0.25) is 0 Å². The van der Waals surface area contributed by atoms with Gasteiger partial charge in [-0.2, -0.15) is 4.68 Å². The Balaban J connectivity index is 1.90. The van der Waals surface area contributed by atoms with Gasteiger partial charge in [-0.3, -0.25) is 4.79 Å². The molecule has 1 heterocycles. The Labute approximate surface area is 169 Å². The molecule has 29 heavy (non-hydrogen) atoms. The van der Waals surface area contributed by atoms with Gasteiger partial charge in [0, 0.05) is 13.5 Å². The van der Waals surface area contributed by atoms with Gasteiger partial charge in [-0.05, 0) is 56.1 Å². The van der Waals surface area contributed by atoms with Crippen molar-refractivity contribution >= 4 is 11.6 Å². The summed E-state index contributed by atoms with van der Waals surface area (Å²) in [5.74, 6) is 0.770. The minimum atomic E-state index is -0.278. The SMILES string of the molecule is COc1ccc(-n2nnc(C(C)=O)c2NCC(c2ccc(F)cc2)N(C)C)cc1. The van der Waals surface area contributed by atoms with Crippen molar-refractivity contribution in [2.24, 2.45) is 0 Å². The van der Waals surface area contributed by atoms with Crippen molar-refractivity contribution in [2.45, 2.75) is 13.0 Å². The molecule has 1 atom stereocenters. The summed E-state index contributed by atoms with van der Waals surface area (Å²) in [4.78, 5) is 14.1. The number of ether oxygens (including phenoxy) is 1. The minimum Gasteiger partial charge on any atom is -0.497 e. The van der Waals surface area contributed by atoms with E-state index < -0.39 is 0 Å². The van der Waals surface area contributed by atoms with Crippen molar-refractivity contribution in [1.82, 2.24) is 19.9 Å². The Bertz CT molecular complexity index is 968. The summed E-state index contributed by atoms with van der Waals surface area (Å²) in [5.41, 5.74) is 1.96. The third-order valence-electron chi connectivity index (χ3n) is 4.66. The molecule has 0 fully saturated rings. The fraction of sp³-hybridized carbons (Fsp3) is 0.286. The standard InChI is InChI=1S/C21H24FN5O2/c1-14(28)20-21(27(25-24-20)17-9-11-18(29-4)12-10-17)23-13-19(26(2)3)15-5-7-16(22)8-6-15/h5-12,19,23H,13H2,1-4H3. The maximum Gasteiger partial charge on any atom is 0.183 e. The number of halogens is 1. The Morgan fingerprint density at radius 3 is 2.38 bits per heavy atom. The number of anilines is 1. The maximum atomic E-state index is 13.3. The molecule has 1 N–H and O–H groups in total. The molecule has 0 amide bonds. The number of nitrogens with one attached hydrogen (secondary N) is 1. The third kappa shape index (κ3) is 4.60. The summed E-state index contributed by atoms with van der Waals surface area (Å²) < 4.78 is 20.1. The molecular formula is C21H24FN5O2. The molecule has 3 aromatic rings. The monoisotopic (exact) mass is 397 g/mol. The van der Waals surface area contributed by atoms with Crippen LogP contribution in [0.25, 0.3) is 5.69 Å². The number of methoxy groups -OCH3 is 1. The zero-order valence-corrected chi connectivity index (χ0v) is 16.9. The number of hydrogen-bond acceptors (Lipinski definition) is 6. The fourth-order valence-corrected chi connectivity index (χ4v) is 3.06. The zero-order valence-electron chi connectivity index (χ0n) is 16.9. The predicted octanol–water partition coefficient (Wildman–Crippen LogP) is 3.33. The van der Waals surface area contributed by atoms with Gasteiger partial charge in [0.1, 0.15) is 11.6 Å². The van der Waals surface area contributed by atoms with E-state index in [9.17, 15) is 9.18 Å². The van der Waals surface area contributed by atoms with Crippen LogP contribution in [0.15, 0.2) is 48.5 Å². The Hall–Kier alpha value is -3.26. The first kappa shape index (κ1) is 20.5. The van der Waals surface area contributed by atoms with Crippen molar-refractivity contribution in [1.29, 1.82) is 0 Å². The largest absolute Gasteiger partial charge is 0.497 e. The number of carbonyl (C=O) groups excluding carboxylic acids is 1. The third-order valence-corrected chi connectivity index (χ3v) is 4.66. The average Bonchev–Trinajstić information content (AvgIpc) is 3.13. The summed E-state index contributed by atoms with van der Waals surface area (Å²) in [6, 6.07) is 13.7. The van der Waals surface area contributed by atoms with Crippen LogP contribution in [0.2, 0.25) is 0 Å². The quantitative estimate of drug-likeness (QED) is 0.588. The molecule has 0 radical (unpaired) electrons. The normalized spacial score (nSPS) is 12.1. The van der Waals surface area contributed by atoms with Crippen LogP contribution in [0.4, 0.5) is 10.2 Å². The van der Waals surface area contributed by atoms with Gasteiger partial charge >= 0.3 is 0 Å². The van der Waals surface area contributed by atoms with Gasteiger partial charge in [0.15, 0.2) is 17.3 Å². The highest BCUT2D eigenvalue weighted by atomic mass is 19.1. The number of ketones is 1. The van der Waals surface area contributed by atoms with E-state index in [2.05, 4.69) is 15.6 Å². The molecule has 3 rings (SSSR count). The summed E-state index contributed by atoms with van der Waals surface area (Å²) in [6.45, 7) is 1.93. The first-order valence-corrected chi connectivity index (χ1v) is 9.17. The molecule has 1 unspecified atom stereocenters. The lowest BCUT2D eigenvalue weighted by Crippen LogP contribution is -2.27. The van der Waals surface area contributed by atoms with Gasteiger partial charge in [0.05, 0.1) is 18.8 Å². The van der Waals surface area contributed by atoms with Gasteiger partial charge in [-0.1, -0.05) is 17.3 Å². The number of Topliss-reactive ketones (excluding diaryl/α,β-unsaturated/α-hetero) is 1. The summed E-state index contributed by atoms with van der Waals surface area (Å²) in [5, 5.41) is 11.5. The first-order chi connectivity index (χ1) is 13.9. The summed E-state index contributed by atoms with van der Waals surface area (Å²) >= 11 is 0. The van der Waals surface area contributed by atoms with Gasteiger partial charge < -0.3 is 15.0 Å². The second-order valence-corrected chi connectivity index (χ2v) is 6.86. The van der Waals surface area contributed by atoms with E-state index in [0.29, 0.717) is 12.4 Å². The van der Waals surface area contributed by atoms with Crippen LogP contribution in [-0.4, -0.2) is 53.4 Å². The van der Waals surface area contributed by atoms with E-state index in [1.54, 1.807) is 23.9 Å². The van der Waals surface area contributed by atoms with E-state index in [4.69, 9.17) is 4.74 Å². The highest BCUT2D eigenvalue weighted by molar-refractivity contribution is 5.96. The van der Waals surface area contributed by atoms with Crippen molar-refractivity contribution in [2.75, 3.05) is 33.1 Å². The Morgan fingerprint density at radius 2 is 1.83 bits per heavy atom. The molecule has 0 saturated carbocycles. The summed E-state index contributed by atoms with van der Waals surface area (Å²) in [7, 11) is 5.49. The fourth-order valence-electron chi connectivity index (χ4n) is 3.06. The Morgan fingerprint density at radius 1 is 1.17 bits per heavy atom. The van der Waals surface area contributed by atoms with E-state index >= 15 is 0 Å². The minimum absolute atomic E-state index is 0.0466. The molecule has 152 valence electrons. The van der Waals surface area contributed by atoms with Gasteiger partial charge in [-0.15, -0.1) is 5.10 Å². The molecule has 1 aromatic heterocycles. The van der Waals surface area contributed by atoms with Crippen molar-refractivity contribution in [3.63, 3.8) is 0 Å². The topological polar surface area (TPSA) is 72.3 Å². The average molecular weight is 397 g/mol. The molecule has 0 aliphatic rings. The van der Waals surface area contributed by atoms with E-state index in [1.165, 1.54) is 19.1 Å². The van der Waals surface area contributed by atoms with Crippen LogP contribution >= 0.6 is 0 Å². The molecular weight excluding hydrogens is 373 g/mol. The molecule has 2 aromatic carbocycles. The van der Waals surface area contributed by atoms with Crippen molar-refractivity contribution in [3.05, 3.63) is 65.6 Å². The maximum absolute atomic E-state index is 13.3. The number of likely N-dealkylation sites (N-methyl/N-ethyl adjacent to an activating group) is 1. The van der Waals surface area contributed by atoms with Crippen LogP contribution in [0.3, 0.4) is 0 Å². The molecule has 0 saturated heterocycles. The number of aromatic nitrogens is 3. The van der Waals surface area contributed by atoms with Gasteiger partial charge in [-0.25, -0.2) is 4.39 Å². The molecule has 7 nitrogen and oxygen atoms in total. The molecule has 0 aliphatic heterocycles. The van der Waals surface area contributed by atoms with Gasteiger partial charge in [0.25, 0.3) is 0 Å². The van der Waals surface area contributed by atoms with E-state index in [-0.39, 0.29) is 23.3 Å². The van der Waals surface area contributed by atoms with Crippen LogP contribution in [0.1, 0.15) is 29.0 Å². The van der Waals surface area contributed by atoms with Crippen molar-refractivity contribution < 1.29 is 13.9 Å². The molecule has 8 heteroatoms. The van der Waals surface area contributed by atoms with Crippen LogP contribution in [-0.2, 0) is 0 Å². The summed E-state index contributed by atoms with van der Waals surface area (Å²) in [6.07, 6.45) is 0. The number of carbonyl (C=O) groups is 1. The highest BCUT2D eigenvalue weighted by Crippen LogP contribution is 2.24. The molecule has 0 spiro atoms. The van der Waals surface area contributed by atoms with Crippen molar-refractivity contribution in [3.8, 4) is 11.4 Å². The smallest absolute Gasteiger partial charge is 0.183 e. The lowest BCUT2D eigenvalue weighted by molar-refractivity contribution is 0.101. The molecule has 0 bridgehead atoms. The lowest BCUT2D eigenvalue weighted by Gasteiger charge is -2.25. The second-order valence-electron chi connectivity index (χ2n) is 6.86. The highest BCUT2D eigenvalue weighted by Gasteiger charge is 2.21. The predicted molar refractivity (Wildman–Crippen MR) is 109 cm³/mol. The van der Waals surface area contributed by atoms with Crippen LogP contribution < -0.4 is 10.1 Å². The van der Waals surface area contributed by atoms with E-state index in [1.807, 2.05) is 43.3 Å². The van der Waals surface area contributed by atoms with Crippen LogP contribution in [0, 0.1) is 5.82 Å².